The van der Waals surface area contributed by atoms with Gasteiger partial charge in [0.1, 0.15) is 11.8 Å². The Morgan fingerprint density at radius 1 is 1.31 bits per heavy atom. The van der Waals surface area contributed by atoms with Crippen LogP contribution in [0.5, 0.6) is 0 Å². The van der Waals surface area contributed by atoms with Crippen LogP contribution < -0.4 is 0 Å². The van der Waals surface area contributed by atoms with Crippen molar-refractivity contribution >= 4 is 22.5 Å². The summed E-state index contributed by atoms with van der Waals surface area (Å²) in [4.78, 5) is 2.18. The van der Waals surface area contributed by atoms with Crippen molar-refractivity contribution in [1.29, 1.82) is 5.26 Å². The zero-order valence-electron chi connectivity index (χ0n) is 7.69. The van der Waals surface area contributed by atoms with Gasteiger partial charge in [0.05, 0.1) is 5.56 Å². The van der Waals surface area contributed by atoms with Crippen LogP contribution in [-0.4, -0.2) is 4.98 Å². The highest BCUT2D eigenvalue weighted by molar-refractivity contribution is 6.31. The molecular formula is C10H4ClF3N2. The lowest BCUT2D eigenvalue weighted by Gasteiger charge is -2.02. The van der Waals surface area contributed by atoms with Crippen LogP contribution >= 0.6 is 11.6 Å². The summed E-state index contributed by atoms with van der Waals surface area (Å²) in [6.07, 6.45) is -4.57. The first kappa shape index (κ1) is 10.8. The van der Waals surface area contributed by atoms with Gasteiger partial charge < -0.3 is 4.98 Å². The molecule has 1 aromatic heterocycles. The molecule has 0 atom stereocenters. The zero-order valence-corrected chi connectivity index (χ0v) is 8.45. The maximum atomic E-state index is 12.6. The third-order valence-electron chi connectivity index (χ3n) is 2.16. The Morgan fingerprint density at radius 2 is 2.00 bits per heavy atom. The molecule has 0 saturated heterocycles. The molecule has 0 aliphatic carbocycles. The average molecular weight is 245 g/mol. The van der Waals surface area contributed by atoms with E-state index in [1.165, 1.54) is 18.2 Å². The lowest BCUT2D eigenvalue weighted by molar-refractivity contribution is -0.140. The van der Waals surface area contributed by atoms with Gasteiger partial charge in [-0.15, -0.1) is 0 Å². The normalized spacial score (nSPS) is 11.7. The third kappa shape index (κ3) is 1.61. The van der Waals surface area contributed by atoms with Gasteiger partial charge in [0.2, 0.25) is 0 Å². The Bertz CT molecular complexity index is 592. The monoisotopic (exact) mass is 244 g/mol. The van der Waals surface area contributed by atoms with Gasteiger partial charge in [-0.25, -0.2) is 0 Å². The van der Waals surface area contributed by atoms with Crippen LogP contribution in [0.25, 0.3) is 10.9 Å². The van der Waals surface area contributed by atoms with E-state index in [9.17, 15) is 13.2 Å². The first-order chi connectivity index (χ1) is 7.43. The Hall–Kier alpha value is -1.67. The number of aromatic nitrogens is 1. The Balaban J connectivity index is 2.84. The summed E-state index contributed by atoms with van der Waals surface area (Å²) < 4.78 is 37.7. The molecular weight excluding hydrogens is 241 g/mol. The van der Waals surface area contributed by atoms with Gasteiger partial charge in [-0.1, -0.05) is 11.6 Å². The number of fused-ring (bicyclic) bond motifs is 1. The maximum absolute atomic E-state index is 12.6. The van der Waals surface area contributed by atoms with E-state index < -0.39 is 17.4 Å². The first-order valence-corrected chi connectivity index (χ1v) is 4.60. The van der Waals surface area contributed by atoms with Crippen molar-refractivity contribution in [3.63, 3.8) is 0 Å². The number of aromatic amines is 1. The van der Waals surface area contributed by atoms with E-state index >= 15 is 0 Å². The molecule has 16 heavy (non-hydrogen) atoms. The summed E-state index contributed by atoms with van der Waals surface area (Å²) >= 11 is 5.67. The quantitative estimate of drug-likeness (QED) is 0.754. The second kappa shape index (κ2) is 3.42. The van der Waals surface area contributed by atoms with Gasteiger partial charge in [0, 0.05) is 15.9 Å². The molecule has 6 heteroatoms. The van der Waals surface area contributed by atoms with Gasteiger partial charge >= 0.3 is 6.18 Å². The molecule has 2 nitrogen and oxygen atoms in total. The molecule has 0 aliphatic rings. The van der Waals surface area contributed by atoms with Crippen LogP contribution in [0.1, 0.15) is 11.3 Å². The summed E-state index contributed by atoms with van der Waals surface area (Å²) in [6, 6.07) is 5.75. The van der Waals surface area contributed by atoms with Gasteiger partial charge in [-0.2, -0.15) is 18.4 Å². The fourth-order valence-corrected chi connectivity index (χ4v) is 1.66. The molecule has 0 aliphatic heterocycles. The molecule has 0 radical (unpaired) electrons. The minimum absolute atomic E-state index is 0.183. The molecule has 82 valence electrons. The molecule has 0 amide bonds. The van der Waals surface area contributed by atoms with Crippen molar-refractivity contribution in [2.24, 2.45) is 0 Å². The Morgan fingerprint density at radius 3 is 2.56 bits per heavy atom. The number of nitrogens with zero attached hydrogens (tertiary/aromatic N) is 1. The number of halogens is 4. The van der Waals surface area contributed by atoms with Gasteiger partial charge in [0.25, 0.3) is 0 Å². The number of hydrogen-bond acceptors (Lipinski definition) is 1. The lowest BCUT2D eigenvalue weighted by atomic mass is 10.1. The van der Waals surface area contributed by atoms with Crippen molar-refractivity contribution in [3.05, 3.63) is 34.5 Å². The molecule has 2 rings (SSSR count). The number of nitrogens with one attached hydrogen (secondary N) is 1. The van der Waals surface area contributed by atoms with E-state index in [-0.39, 0.29) is 15.9 Å². The third-order valence-corrected chi connectivity index (χ3v) is 2.39. The van der Waals surface area contributed by atoms with Crippen LogP contribution in [0.4, 0.5) is 13.2 Å². The number of rotatable bonds is 0. The van der Waals surface area contributed by atoms with Crippen LogP contribution in [-0.2, 0) is 6.18 Å². The average Bonchev–Trinajstić information content (AvgIpc) is 2.54. The molecule has 1 heterocycles. The van der Waals surface area contributed by atoms with E-state index in [4.69, 9.17) is 16.9 Å². The maximum Gasteiger partial charge on any atom is 0.432 e. The van der Waals surface area contributed by atoms with E-state index in [2.05, 4.69) is 4.98 Å². The number of nitriles is 1. The summed E-state index contributed by atoms with van der Waals surface area (Å²) in [5.74, 6) is 0. The molecule has 0 spiro atoms. The highest BCUT2D eigenvalue weighted by atomic mass is 35.5. The SMILES string of the molecule is N#Cc1c(C(F)(F)F)[nH]c2ccc(Cl)cc12. The smallest absolute Gasteiger partial charge is 0.350 e. The molecule has 1 aromatic carbocycles. The van der Waals surface area contributed by atoms with E-state index in [0.29, 0.717) is 0 Å². The summed E-state index contributed by atoms with van der Waals surface area (Å²) in [6.45, 7) is 0. The van der Waals surface area contributed by atoms with Crippen molar-refractivity contribution in [2.45, 2.75) is 6.18 Å². The predicted molar refractivity (Wildman–Crippen MR) is 53.0 cm³/mol. The van der Waals surface area contributed by atoms with Gasteiger partial charge in [0.15, 0.2) is 0 Å². The first-order valence-electron chi connectivity index (χ1n) is 4.22. The summed E-state index contributed by atoms with van der Waals surface area (Å²) in [7, 11) is 0. The van der Waals surface area contributed by atoms with E-state index in [1.807, 2.05) is 0 Å². The number of alkyl halides is 3. The van der Waals surface area contributed by atoms with Crippen molar-refractivity contribution in [3.8, 4) is 6.07 Å². The predicted octanol–water partition coefficient (Wildman–Crippen LogP) is 3.71. The van der Waals surface area contributed by atoms with E-state index in [1.54, 1.807) is 6.07 Å². The van der Waals surface area contributed by atoms with Crippen molar-refractivity contribution in [1.82, 2.24) is 4.98 Å². The van der Waals surface area contributed by atoms with Gasteiger partial charge in [-0.05, 0) is 18.2 Å². The molecule has 0 saturated carbocycles. The van der Waals surface area contributed by atoms with Crippen LogP contribution in [0.15, 0.2) is 18.2 Å². The molecule has 0 fully saturated rings. The number of hydrogen-bond donors (Lipinski definition) is 1. The van der Waals surface area contributed by atoms with Gasteiger partial charge in [-0.3, -0.25) is 0 Å². The number of H-pyrrole nitrogens is 1. The number of benzene rings is 1. The Labute approximate surface area is 93.2 Å². The Kier molecular flexibility index (Phi) is 2.32. The molecule has 2 aromatic rings. The van der Waals surface area contributed by atoms with Crippen LogP contribution in [0, 0.1) is 11.3 Å². The highest BCUT2D eigenvalue weighted by Crippen LogP contribution is 2.35. The summed E-state index contributed by atoms with van der Waals surface area (Å²) in [5, 5.41) is 9.22. The molecule has 0 bridgehead atoms. The minimum atomic E-state index is -4.57. The molecule has 0 unspecified atom stereocenters. The van der Waals surface area contributed by atoms with Crippen molar-refractivity contribution in [2.75, 3.05) is 0 Å². The second-order valence-corrected chi connectivity index (χ2v) is 3.61. The second-order valence-electron chi connectivity index (χ2n) is 3.17. The minimum Gasteiger partial charge on any atom is -0.350 e. The fourth-order valence-electron chi connectivity index (χ4n) is 1.49. The summed E-state index contributed by atoms with van der Waals surface area (Å²) in [5.41, 5.74) is -1.22. The van der Waals surface area contributed by atoms with Crippen LogP contribution in [0.3, 0.4) is 0 Å². The topological polar surface area (TPSA) is 39.6 Å². The van der Waals surface area contributed by atoms with Crippen LogP contribution in [0.2, 0.25) is 5.02 Å². The standard InChI is InChI=1S/C10H4ClF3N2/c11-5-1-2-8-6(3-5)7(4-15)9(16-8)10(12,13)14/h1-3,16H. The zero-order chi connectivity index (χ0) is 11.9. The van der Waals surface area contributed by atoms with E-state index in [0.717, 1.165) is 0 Å². The largest absolute Gasteiger partial charge is 0.432 e. The van der Waals surface area contributed by atoms with Crippen molar-refractivity contribution < 1.29 is 13.2 Å². The lowest BCUT2D eigenvalue weighted by Crippen LogP contribution is -2.07. The molecule has 1 N–H and O–H groups in total. The fraction of sp³-hybridized carbons (Fsp3) is 0.100. The highest BCUT2D eigenvalue weighted by Gasteiger charge is 2.36.